The van der Waals surface area contributed by atoms with Crippen molar-refractivity contribution in [2.45, 2.75) is 19.8 Å². The molecule has 8 heteroatoms. The molecule has 0 radical (unpaired) electrons. The number of likely N-dealkylation sites (tertiary alicyclic amines) is 1. The lowest BCUT2D eigenvalue weighted by molar-refractivity contribution is 0.220. The Labute approximate surface area is 127 Å². The highest BCUT2D eigenvalue weighted by molar-refractivity contribution is 7.09. The fourth-order valence-electron chi connectivity index (χ4n) is 2.52. The monoisotopic (exact) mass is 306 g/mol. The Bertz CT molecular complexity index is 636. The van der Waals surface area contributed by atoms with Crippen LogP contribution in [-0.2, 0) is 13.5 Å². The van der Waals surface area contributed by atoms with Crippen molar-refractivity contribution in [1.82, 2.24) is 24.9 Å². The zero-order valence-electron chi connectivity index (χ0n) is 12.1. The Morgan fingerprint density at radius 2 is 2.43 bits per heavy atom. The minimum absolute atomic E-state index is 0.0850. The van der Waals surface area contributed by atoms with Crippen LogP contribution in [0.25, 0.3) is 0 Å². The lowest BCUT2D eigenvalue weighted by atomic mass is 10.1. The van der Waals surface area contributed by atoms with Gasteiger partial charge in [0.1, 0.15) is 0 Å². The summed E-state index contributed by atoms with van der Waals surface area (Å²) >= 11 is 1.70. The van der Waals surface area contributed by atoms with Crippen LogP contribution in [0.15, 0.2) is 11.6 Å². The van der Waals surface area contributed by atoms with Crippen LogP contribution in [0.5, 0.6) is 0 Å². The summed E-state index contributed by atoms with van der Waals surface area (Å²) in [7, 11) is 1.75. The zero-order chi connectivity index (χ0) is 14.8. The predicted octanol–water partition coefficient (Wildman–Crippen LogP) is 1.68. The van der Waals surface area contributed by atoms with E-state index in [2.05, 4.69) is 26.0 Å². The van der Waals surface area contributed by atoms with Crippen molar-refractivity contribution in [1.29, 1.82) is 0 Å². The van der Waals surface area contributed by atoms with Crippen molar-refractivity contribution in [2.75, 3.05) is 18.4 Å². The molecule has 2 amide bonds. The Kier molecular flexibility index (Phi) is 3.87. The van der Waals surface area contributed by atoms with Gasteiger partial charge in [-0.3, -0.25) is 5.32 Å². The highest BCUT2D eigenvalue weighted by Gasteiger charge is 2.27. The molecule has 1 fully saturated rings. The lowest BCUT2D eigenvalue weighted by Gasteiger charge is -2.16. The first-order valence-electron chi connectivity index (χ1n) is 6.93. The summed E-state index contributed by atoms with van der Waals surface area (Å²) in [6, 6.07) is -0.0850. The molecule has 1 unspecified atom stereocenters. The Balaban J connectivity index is 1.54. The number of carbonyl (C=O) groups is 1. The molecule has 7 nitrogen and oxygen atoms in total. The standard InChI is InChI=1S/C13H18N6OS/c1-9-8-21-12(15-9)5-10-3-4-19(7-10)13(20)16-11-6-14-17-18(11)2/h6,8,10H,3-5,7H2,1-2H3,(H,16,20). The van der Waals surface area contributed by atoms with Crippen LogP contribution >= 0.6 is 11.3 Å². The zero-order valence-corrected chi connectivity index (χ0v) is 12.9. The van der Waals surface area contributed by atoms with E-state index in [-0.39, 0.29) is 6.03 Å². The van der Waals surface area contributed by atoms with E-state index in [1.54, 1.807) is 29.3 Å². The average Bonchev–Trinajstić information content (AvgIpc) is 3.15. The molecule has 1 atom stereocenters. The van der Waals surface area contributed by atoms with E-state index in [9.17, 15) is 4.79 Å². The van der Waals surface area contributed by atoms with Crippen LogP contribution < -0.4 is 5.32 Å². The van der Waals surface area contributed by atoms with Crippen molar-refractivity contribution in [3.05, 3.63) is 22.3 Å². The molecule has 2 aromatic rings. The highest BCUT2D eigenvalue weighted by Crippen LogP contribution is 2.23. The molecule has 0 aliphatic carbocycles. The number of nitrogens with zero attached hydrogens (tertiary/aromatic N) is 5. The van der Waals surface area contributed by atoms with Crippen LogP contribution in [0.2, 0.25) is 0 Å². The topological polar surface area (TPSA) is 75.9 Å². The first kappa shape index (κ1) is 14.0. The summed E-state index contributed by atoms with van der Waals surface area (Å²) < 4.78 is 1.55. The molecule has 1 saturated heterocycles. The molecule has 0 spiro atoms. The van der Waals surface area contributed by atoms with Gasteiger partial charge in [-0.15, -0.1) is 16.4 Å². The molecule has 0 bridgehead atoms. The van der Waals surface area contributed by atoms with Crippen molar-refractivity contribution < 1.29 is 4.79 Å². The number of carbonyl (C=O) groups excluding carboxylic acids is 1. The van der Waals surface area contributed by atoms with E-state index in [1.165, 1.54) is 0 Å². The molecule has 112 valence electrons. The first-order chi connectivity index (χ1) is 10.1. The van der Waals surface area contributed by atoms with Gasteiger partial charge in [0.2, 0.25) is 0 Å². The van der Waals surface area contributed by atoms with Crippen molar-refractivity contribution in [3.8, 4) is 0 Å². The summed E-state index contributed by atoms with van der Waals surface area (Å²) in [5, 5.41) is 13.6. The van der Waals surface area contributed by atoms with E-state index in [0.29, 0.717) is 11.7 Å². The summed E-state index contributed by atoms with van der Waals surface area (Å²) in [5.41, 5.74) is 1.08. The van der Waals surface area contributed by atoms with Gasteiger partial charge < -0.3 is 4.90 Å². The van der Waals surface area contributed by atoms with Crippen LogP contribution in [-0.4, -0.2) is 44.0 Å². The molecule has 1 aliphatic rings. The van der Waals surface area contributed by atoms with Gasteiger partial charge in [-0.05, 0) is 19.3 Å². The summed E-state index contributed by atoms with van der Waals surface area (Å²) in [4.78, 5) is 18.5. The summed E-state index contributed by atoms with van der Waals surface area (Å²) in [6.45, 7) is 3.57. The SMILES string of the molecule is Cc1csc(CC2CCN(C(=O)Nc3cnnn3C)C2)n1. The number of hydrogen-bond acceptors (Lipinski definition) is 5. The van der Waals surface area contributed by atoms with E-state index in [0.717, 1.165) is 36.6 Å². The molecule has 1 N–H and O–H groups in total. The van der Waals surface area contributed by atoms with E-state index in [1.807, 2.05) is 11.8 Å². The second-order valence-electron chi connectivity index (χ2n) is 5.36. The average molecular weight is 306 g/mol. The molecule has 3 rings (SSSR count). The molecule has 0 saturated carbocycles. The second kappa shape index (κ2) is 5.80. The Morgan fingerprint density at radius 3 is 3.10 bits per heavy atom. The third-order valence-electron chi connectivity index (χ3n) is 3.65. The van der Waals surface area contributed by atoms with Crippen molar-refractivity contribution >= 4 is 23.2 Å². The molecular weight excluding hydrogens is 288 g/mol. The van der Waals surface area contributed by atoms with Gasteiger partial charge in [-0.1, -0.05) is 5.21 Å². The van der Waals surface area contributed by atoms with Crippen LogP contribution in [0.4, 0.5) is 10.6 Å². The number of amides is 2. The van der Waals surface area contributed by atoms with E-state index >= 15 is 0 Å². The fourth-order valence-corrected chi connectivity index (χ4v) is 3.41. The van der Waals surface area contributed by atoms with Crippen molar-refractivity contribution in [2.24, 2.45) is 13.0 Å². The normalized spacial score (nSPS) is 18.2. The highest BCUT2D eigenvalue weighted by atomic mass is 32.1. The van der Waals surface area contributed by atoms with Crippen LogP contribution in [0.3, 0.4) is 0 Å². The molecule has 3 heterocycles. The number of aromatic nitrogens is 4. The number of hydrogen-bond donors (Lipinski definition) is 1. The third-order valence-corrected chi connectivity index (χ3v) is 4.64. The maximum absolute atomic E-state index is 12.2. The van der Waals surface area contributed by atoms with Gasteiger partial charge in [0.15, 0.2) is 5.82 Å². The first-order valence-corrected chi connectivity index (χ1v) is 7.81. The molecule has 21 heavy (non-hydrogen) atoms. The largest absolute Gasteiger partial charge is 0.324 e. The minimum atomic E-state index is -0.0850. The molecule has 2 aromatic heterocycles. The summed E-state index contributed by atoms with van der Waals surface area (Å²) in [5.74, 6) is 1.10. The van der Waals surface area contributed by atoms with Crippen LogP contribution in [0.1, 0.15) is 17.1 Å². The number of rotatable bonds is 3. The number of aryl methyl sites for hydroxylation is 2. The number of nitrogens with one attached hydrogen (secondary N) is 1. The Hall–Kier alpha value is -1.96. The van der Waals surface area contributed by atoms with Crippen molar-refractivity contribution in [3.63, 3.8) is 0 Å². The number of urea groups is 1. The maximum Gasteiger partial charge on any atom is 0.323 e. The third kappa shape index (κ3) is 3.21. The van der Waals surface area contributed by atoms with Gasteiger partial charge in [0.05, 0.1) is 11.2 Å². The fraction of sp³-hybridized carbons (Fsp3) is 0.538. The van der Waals surface area contributed by atoms with Gasteiger partial charge >= 0.3 is 6.03 Å². The smallest absolute Gasteiger partial charge is 0.323 e. The van der Waals surface area contributed by atoms with Gasteiger partial charge in [0, 0.05) is 37.6 Å². The molecule has 1 aliphatic heterocycles. The Morgan fingerprint density at radius 1 is 1.57 bits per heavy atom. The summed E-state index contributed by atoms with van der Waals surface area (Å²) in [6.07, 6.45) is 3.52. The maximum atomic E-state index is 12.2. The van der Waals surface area contributed by atoms with Gasteiger partial charge in [-0.25, -0.2) is 14.5 Å². The van der Waals surface area contributed by atoms with E-state index in [4.69, 9.17) is 0 Å². The van der Waals surface area contributed by atoms with Gasteiger partial charge in [0.25, 0.3) is 0 Å². The number of anilines is 1. The van der Waals surface area contributed by atoms with Crippen LogP contribution in [0, 0.1) is 12.8 Å². The predicted molar refractivity (Wildman–Crippen MR) is 80.3 cm³/mol. The minimum Gasteiger partial charge on any atom is -0.324 e. The molecular formula is C13H18N6OS. The second-order valence-corrected chi connectivity index (χ2v) is 6.30. The molecule has 0 aromatic carbocycles. The van der Waals surface area contributed by atoms with E-state index < -0.39 is 0 Å². The van der Waals surface area contributed by atoms with Gasteiger partial charge in [-0.2, -0.15) is 0 Å². The number of thiazole rings is 1. The lowest BCUT2D eigenvalue weighted by Crippen LogP contribution is -2.33. The quantitative estimate of drug-likeness (QED) is 0.936.